The highest BCUT2D eigenvalue weighted by Crippen LogP contribution is 2.36. The van der Waals surface area contributed by atoms with Crippen molar-refractivity contribution < 1.29 is 14.6 Å². The van der Waals surface area contributed by atoms with E-state index in [2.05, 4.69) is 25.9 Å². The fourth-order valence-corrected chi connectivity index (χ4v) is 1.75. The van der Waals surface area contributed by atoms with Crippen molar-refractivity contribution in [2.24, 2.45) is 21.9 Å². The number of hydrogen-bond donors (Lipinski definition) is 1. The first-order chi connectivity index (χ1) is 8.51. The molecule has 0 radical (unpaired) electrons. The normalized spacial score (nSPS) is 15.7. The Kier molecular flexibility index (Phi) is 6.63. The van der Waals surface area contributed by atoms with E-state index in [1.54, 1.807) is 0 Å². The summed E-state index contributed by atoms with van der Waals surface area (Å²) in [6.45, 7) is 11.6. The average molecular weight is 273 g/mol. The number of aliphatic hydroxyl groups excluding tert-OH is 1. The highest BCUT2D eigenvalue weighted by molar-refractivity contribution is 5.73. The summed E-state index contributed by atoms with van der Waals surface area (Å²) in [6, 6.07) is -0.876. The predicted molar refractivity (Wildman–Crippen MR) is 74.6 cm³/mol. The number of nitroso groups, excluding NO2 is 1. The molecule has 2 unspecified atom stereocenters. The van der Waals surface area contributed by atoms with Crippen LogP contribution < -0.4 is 0 Å². The van der Waals surface area contributed by atoms with Crippen molar-refractivity contribution in [1.29, 1.82) is 0 Å². The fraction of sp³-hybridized carbons (Fsp3) is 0.929. The van der Waals surface area contributed by atoms with Crippen LogP contribution in [0, 0.1) is 21.7 Å². The second-order valence-electron chi connectivity index (χ2n) is 7.26. The van der Waals surface area contributed by atoms with Gasteiger partial charge in [0.1, 0.15) is 12.6 Å². The molecule has 2 atom stereocenters. The standard InChI is InChI=1S/C14H27NO4/c1-13(2,3)7-11(14(4,5)6)12(17)19-9-10(8-16)15-18/h10-11,16H,7-9H2,1-6H3. The van der Waals surface area contributed by atoms with Gasteiger partial charge in [0.05, 0.1) is 12.5 Å². The van der Waals surface area contributed by atoms with Gasteiger partial charge in [0.2, 0.25) is 0 Å². The third-order valence-electron chi connectivity index (χ3n) is 2.92. The van der Waals surface area contributed by atoms with Gasteiger partial charge in [-0.15, -0.1) is 0 Å². The molecule has 0 aromatic carbocycles. The lowest BCUT2D eigenvalue weighted by Gasteiger charge is -2.33. The van der Waals surface area contributed by atoms with Gasteiger partial charge in [-0.2, -0.15) is 4.91 Å². The number of aliphatic hydroxyl groups is 1. The van der Waals surface area contributed by atoms with Crippen LogP contribution in [-0.2, 0) is 9.53 Å². The Balaban J connectivity index is 4.70. The van der Waals surface area contributed by atoms with Crippen LogP contribution in [0.15, 0.2) is 5.18 Å². The van der Waals surface area contributed by atoms with Crippen LogP contribution in [0.5, 0.6) is 0 Å². The SMILES string of the molecule is CC(C)(C)CC(C(=O)OCC(CO)N=O)C(C)(C)C. The largest absolute Gasteiger partial charge is 0.463 e. The lowest BCUT2D eigenvalue weighted by Crippen LogP contribution is -2.35. The molecule has 0 aliphatic rings. The first kappa shape index (κ1) is 18.0. The number of carbonyl (C=O) groups excluding carboxylic acids is 1. The molecule has 0 bridgehead atoms. The Morgan fingerprint density at radius 1 is 1.21 bits per heavy atom. The first-order valence-electron chi connectivity index (χ1n) is 6.61. The zero-order valence-corrected chi connectivity index (χ0v) is 12.9. The Bertz CT molecular complexity index is 302. The minimum absolute atomic E-state index is 0.0102. The van der Waals surface area contributed by atoms with Gasteiger partial charge < -0.3 is 9.84 Å². The summed E-state index contributed by atoms with van der Waals surface area (Å²) in [5.74, 6) is -0.581. The third kappa shape index (κ3) is 7.25. The van der Waals surface area contributed by atoms with Crippen LogP contribution >= 0.6 is 0 Å². The van der Waals surface area contributed by atoms with E-state index in [0.29, 0.717) is 6.42 Å². The summed E-state index contributed by atoms with van der Waals surface area (Å²) in [5.41, 5.74) is -0.204. The monoisotopic (exact) mass is 273 g/mol. The molecule has 0 aromatic heterocycles. The molecule has 0 aliphatic heterocycles. The van der Waals surface area contributed by atoms with Crippen molar-refractivity contribution in [2.75, 3.05) is 13.2 Å². The molecular weight excluding hydrogens is 246 g/mol. The van der Waals surface area contributed by atoms with E-state index in [-0.39, 0.29) is 29.3 Å². The fourth-order valence-electron chi connectivity index (χ4n) is 1.75. The Hall–Kier alpha value is -0.970. The second kappa shape index (κ2) is 6.98. The molecule has 0 fully saturated rings. The maximum absolute atomic E-state index is 12.2. The smallest absolute Gasteiger partial charge is 0.309 e. The molecule has 0 aromatic rings. The van der Waals surface area contributed by atoms with E-state index in [4.69, 9.17) is 9.84 Å². The van der Waals surface area contributed by atoms with Crippen molar-refractivity contribution >= 4 is 5.97 Å². The Labute approximate surface area is 115 Å². The Morgan fingerprint density at radius 2 is 1.74 bits per heavy atom. The maximum atomic E-state index is 12.2. The molecule has 0 spiro atoms. The number of ether oxygens (including phenoxy) is 1. The van der Waals surface area contributed by atoms with Crippen LogP contribution in [0.25, 0.3) is 0 Å². The Morgan fingerprint density at radius 3 is 2.05 bits per heavy atom. The van der Waals surface area contributed by atoms with E-state index in [1.807, 2.05) is 20.8 Å². The molecule has 0 amide bonds. The molecule has 0 rings (SSSR count). The molecule has 0 saturated heterocycles. The summed E-state index contributed by atoms with van der Waals surface area (Å²) >= 11 is 0. The van der Waals surface area contributed by atoms with Gasteiger partial charge in [0, 0.05) is 0 Å². The van der Waals surface area contributed by atoms with Crippen LogP contribution in [0.4, 0.5) is 0 Å². The zero-order valence-electron chi connectivity index (χ0n) is 12.9. The zero-order chi connectivity index (χ0) is 15.3. The lowest BCUT2D eigenvalue weighted by molar-refractivity contribution is -0.154. The summed E-state index contributed by atoms with van der Waals surface area (Å²) in [6.07, 6.45) is 0.702. The van der Waals surface area contributed by atoms with E-state index < -0.39 is 12.6 Å². The molecule has 1 N–H and O–H groups in total. The lowest BCUT2D eigenvalue weighted by atomic mass is 9.72. The summed E-state index contributed by atoms with van der Waals surface area (Å²) in [5, 5.41) is 11.5. The van der Waals surface area contributed by atoms with Crippen LogP contribution in [-0.4, -0.2) is 30.3 Å². The predicted octanol–water partition coefficient (Wildman–Crippen LogP) is 2.76. The van der Waals surface area contributed by atoms with Crippen molar-refractivity contribution in [3.05, 3.63) is 4.91 Å². The summed E-state index contributed by atoms with van der Waals surface area (Å²) < 4.78 is 5.13. The van der Waals surface area contributed by atoms with Gasteiger partial charge in [-0.1, -0.05) is 46.7 Å². The number of esters is 1. The molecule has 0 aliphatic carbocycles. The molecule has 112 valence electrons. The molecule has 5 heteroatoms. The van der Waals surface area contributed by atoms with Crippen molar-refractivity contribution in [3.8, 4) is 0 Å². The minimum atomic E-state index is -0.876. The van der Waals surface area contributed by atoms with Crippen molar-refractivity contribution in [3.63, 3.8) is 0 Å². The summed E-state index contributed by atoms with van der Waals surface area (Å²) in [4.78, 5) is 22.5. The molecule has 0 heterocycles. The number of rotatable bonds is 6. The van der Waals surface area contributed by atoms with Crippen molar-refractivity contribution in [2.45, 2.75) is 54.0 Å². The quantitative estimate of drug-likeness (QED) is 0.596. The first-order valence-corrected chi connectivity index (χ1v) is 6.61. The highest BCUT2D eigenvalue weighted by atomic mass is 16.5. The van der Waals surface area contributed by atoms with Gasteiger partial charge in [-0.3, -0.25) is 4.79 Å². The minimum Gasteiger partial charge on any atom is -0.463 e. The number of hydrogen-bond acceptors (Lipinski definition) is 5. The van der Waals surface area contributed by atoms with Gasteiger partial charge in [0.25, 0.3) is 0 Å². The van der Waals surface area contributed by atoms with E-state index in [9.17, 15) is 9.70 Å². The van der Waals surface area contributed by atoms with Gasteiger partial charge in [-0.05, 0) is 17.3 Å². The molecule has 5 nitrogen and oxygen atoms in total. The second-order valence-corrected chi connectivity index (χ2v) is 7.26. The number of nitrogens with zero attached hydrogens (tertiary/aromatic N) is 1. The average Bonchev–Trinajstić information content (AvgIpc) is 2.24. The van der Waals surface area contributed by atoms with Gasteiger partial charge in [0.15, 0.2) is 0 Å². The maximum Gasteiger partial charge on any atom is 0.309 e. The molecule has 19 heavy (non-hydrogen) atoms. The summed E-state index contributed by atoms with van der Waals surface area (Å²) in [7, 11) is 0. The third-order valence-corrected chi connectivity index (χ3v) is 2.92. The van der Waals surface area contributed by atoms with Gasteiger partial charge >= 0.3 is 5.97 Å². The van der Waals surface area contributed by atoms with Crippen molar-refractivity contribution in [1.82, 2.24) is 0 Å². The topological polar surface area (TPSA) is 76.0 Å². The molecular formula is C14H27NO4. The molecule has 0 saturated carbocycles. The van der Waals surface area contributed by atoms with Crippen LogP contribution in [0.3, 0.4) is 0 Å². The van der Waals surface area contributed by atoms with E-state index >= 15 is 0 Å². The van der Waals surface area contributed by atoms with Gasteiger partial charge in [-0.25, -0.2) is 0 Å². The van der Waals surface area contributed by atoms with E-state index in [0.717, 1.165) is 0 Å². The van der Waals surface area contributed by atoms with Crippen LogP contribution in [0.2, 0.25) is 0 Å². The van der Waals surface area contributed by atoms with E-state index in [1.165, 1.54) is 0 Å². The highest BCUT2D eigenvalue weighted by Gasteiger charge is 2.36. The van der Waals surface area contributed by atoms with Crippen LogP contribution in [0.1, 0.15) is 48.0 Å². The number of carbonyl (C=O) groups is 1.